The van der Waals surface area contributed by atoms with E-state index in [1.54, 1.807) is 0 Å². The second-order valence-electron chi connectivity index (χ2n) is 1.58. The van der Waals surface area contributed by atoms with Crippen LogP contribution in [0.15, 0.2) is 0 Å². The predicted molar refractivity (Wildman–Crippen MR) is 24.6 cm³/mol. The molecule has 2 N–H and O–H groups in total. The van der Waals surface area contributed by atoms with Crippen LogP contribution < -0.4 is 5.90 Å². The minimum absolute atomic E-state index is 0.389. The Morgan fingerprint density at radius 2 is 2.50 bits per heavy atom. The summed E-state index contributed by atoms with van der Waals surface area (Å²) in [5, 5.41) is 0. The van der Waals surface area contributed by atoms with Crippen molar-refractivity contribution in [2.24, 2.45) is 5.90 Å². The first-order chi connectivity index (χ1) is 3.84. The maximum Gasteiger partial charge on any atom is 0.353 e. The van der Waals surface area contributed by atoms with Gasteiger partial charge >= 0.3 is 5.97 Å². The second kappa shape index (κ2) is 2.11. The molecule has 8 heavy (non-hydrogen) atoms. The molecular formula is C4H7NO3. The van der Waals surface area contributed by atoms with Crippen LogP contribution in [0.4, 0.5) is 0 Å². The Bertz CT molecular complexity index is 99.5. The second-order valence-corrected chi connectivity index (χ2v) is 1.58. The highest BCUT2D eigenvalue weighted by Crippen LogP contribution is 2.10. The molecule has 0 aromatic rings. The van der Waals surface area contributed by atoms with Crippen molar-refractivity contribution in [3.63, 3.8) is 0 Å². The molecule has 1 aliphatic rings. The monoisotopic (exact) mass is 117 g/mol. The van der Waals surface area contributed by atoms with Gasteiger partial charge in [-0.25, -0.2) is 4.79 Å². The average molecular weight is 117 g/mol. The number of rotatable bonds is 1. The van der Waals surface area contributed by atoms with E-state index in [1.165, 1.54) is 0 Å². The molecule has 0 spiro atoms. The number of hydrogen-bond acceptors (Lipinski definition) is 4. The standard InChI is InChI=1S/C4H7NO3/c5-8-4(6)3-1-2-7-3/h3H,1-2,5H2. The Balaban J connectivity index is 2.24. The van der Waals surface area contributed by atoms with E-state index in [-0.39, 0.29) is 6.10 Å². The van der Waals surface area contributed by atoms with Gasteiger partial charge < -0.3 is 9.57 Å². The fraction of sp³-hybridized carbons (Fsp3) is 0.750. The van der Waals surface area contributed by atoms with E-state index in [0.29, 0.717) is 6.61 Å². The molecular weight excluding hydrogens is 110 g/mol. The van der Waals surface area contributed by atoms with Gasteiger partial charge in [0.1, 0.15) is 0 Å². The normalized spacial score (nSPS) is 26.4. The molecule has 0 radical (unpaired) electrons. The number of carbonyl (C=O) groups is 1. The number of ether oxygens (including phenoxy) is 1. The molecule has 0 bridgehead atoms. The van der Waals surface area contributed by atoms with Crippen LogP contribution in [0, 0.1) is 0 Å². The van der Waals surface area contributed by atoms with Crippen LogP contribution in [0.25, 0.3) is 0 Å². The maximum atomic E-state index is 10.3. The molecule has 4 nitrogen and oxygen atoms in total. The fourth-order valence-corrected chi connectivity index (χ4v) is 0.497. The van der Waals surface area contributed by atoms with Crippen molar-refractivity contribution in [3.05, 3.63) is 0 Å². The van der Waals surface area contributed by atoms with Crippen LogP contribution in [0.5, 0.6) is 0 Å². The highest BCUT2D eigenvalue weighted by Gasteiger charge is 2.27. The molecule has 4 heteroatoms. The van der Waals surface area contributed by atoms with E-state index in [2.05, 4.69) is 10.7 Å². The van der Waals surface area contributed by atoms with Crippen LogP contribution in [-0.2, 0) is 14.4 Å². The lowest BCUT2D eigenvalue weighted by Gasteiger charge is -2.22. The number of hydrogen-bond donors (Lipinski definition) is 1. The summed E-state index contributed by atoms with van der Waals surface area (Å²) in [4.78, 5) is 14.2. The van der Waals surface area contributed by atoms with Gasteiger partial charge in [0.15, 0.2) is 6.10 Å². The zero-order valence-electron chi connectivity index (χ0n) is 4.29. The van der Waals surface area contributed by atoms with E-state index < -0.39 is 5.97 Å². The van der Waals surface area contributed by atoms with Gasteiger partial charge in [-0.2, -0.15) is 5.90 Å². The van der Waals surface area contributed by atoms with Crippen LogP contribution in [0.1, 0.15) is 6.42 Å². The van der Waals surface area contributed by atoms with Crippen LogP contribution in [0.2, 0.25) is 0 Å². The van der Waals surface area contributed by atoms with E-state index in [0.717, 1.165) is 6.42 Å². The zero-order valence-corrected chi connectivity index (χ0v) is 4.29. The highest BCUT2D eigenvalue weighted by atomic mass is 16.7. The molecule has 1 saturated heterocycles. The summed E-state index contributed by atoms with van der Waals surface area (Å²) in [5.41, 5.74) is 0. The molecule has 0 amide bonds. The molecule has 0 aromatic heterocycles. The molecule has 46 valence electrons. The lowest BCUT2D eigenvalue weighted by atomic mass is 10.2. The summed E-state index contributed by atoms with van der Waals surface area (Å²) in [7, 11) is 0. The first-order valence-corrected chi connectivity index (χ1v) is 2.37. The number of nitrogens with two attached hydrogens (primary N) is 1. The molecule has 1 atom stereocenters. The van der Waals surface area contributed by atoms with Gasteiger partial charge in [-0.1, -0.05) is 0 Å². The van der Waals surface area contributed by atoms with E-state index in [9.17, 15) is 4.79 Å². The van der Waals surface area contributed by atoms with Crippen molar-refractivity contribution in [1.82, 2.24) is 0 Å². The Kier molecular flexibility index (Phi) is 1.45. The summed E-state index contributed by atoms with van der Waals surface area (Å²) in [6, 6.07) is 0. The van der Waals surface area contributed by atoms with Crippen molar-refractivity contribution in [2.45, 2.75) is 12.5 Å². The lowest BCUT2D eigenvalue weighted by Crippen LogP contribution is -2.37. The first kappa shape index (κ1) is 5.53. The summed E-state index contributed by atoms with van der Waals surface area (Å²) in [5.74, 6) is 4.08. The van der Waals surface area contributed by atoms with Crippen molar-refractivity contribution in [2.75, 3.05) is 6.61 Å². The highest BCUT2D eigenvalue weighted by molar-refractivity contribution is 5.74. The molecule has 1 unspecified atom stereocenters. The third-order valence-electron chi connectivity index (χ3n) is 1.08. The Morgan fingerprint density at radius 3 is 2.62 bits per heavy atom. The van der Waals surface area contributed by atoms with Gasteiger partial charge in [0, 0.05) is 6.42 Å². The Morgan fingerprint density at radius 1 is 1.88 bits per heavy atom. The number of carbonyl (C=O) groups excluding carboxylic acids is 1. The molecule has 1 fully saturated rings. The average Bonchev–Trinajstić information content (AvgIpc) is 1.62. The van der Waals surface area contributed by atoms with E-state index in [4.69, 9.17) is 4.74 Å². The predicted octanol–water partition coefficient (Wildman–Crippen LogP) is -0.808. The van der Waals surface area contributed by atoms with Crippen molar-refractivity contribution in [1.29, 1.82) is 0 Å². The smallest absolute Gasteiger partial charge is 0.353 e. The molecule has 0 aliphatic carbocycles. The van der Waals surface area contributed by atoms with E-state index >= 15 is 0 Å². The minimum atomic E-state index is -0.476. The Labute approximate surface area is 46.5 Å². The fourth-order valence-electron chi connectivity index (χ4n) is 0.497. The molecule has 0 aromatic carbocycles. The van der Waals surface area contributed by atoms with Gasteiger partial charge in [-0.05, 0) is 0 Å². The SMILES string of the molecule is NOC(=O)C1CCO1. The summed E-state index contributed by atoms with van der Waals surface area (Å²) in [6.07, 6.45) is 0.343. The quantitative estimate of drug-likeness (QED) is 0.456. The Hall–Kier alpha value is -0.610. The van der Waals surface area contributed by atoms with Crippen LogP contribution >= 0.6 is 0 Å². The van der Waals surface area contributed by atoms with Gasteiger partial charge in [0.25, 0.3) is 0 Å². The third-order valence-corrected chi connectivity index (χ3v) is 1.08. The van der Waals surface area contributed by atoms with E-state index in [1.807, 2.05) is 0 Å². The van der Waals surface area contributed by atoms with Gasteiger partial charge in [-0.3, -0.25) is 0 Å². The third kappa shape index (κ3) is 0.801. The first-order valence-electron chi connectivity index (χ1n) is 2.37. The van der Waals surface area contributed by atoms with Crippen LogP contribution in [0.3, 0.4) is 0 Å². The lowest BCUT2D eigenvalue weighted by molar-refractivity contribution is -0.170. The summed E-state index contributed by atoms with van der Waals surface area (Å²) in [6.45, 7) is 0.639. The van der Waals surface area contributed by atoms with Gasteiger partial charge in [0.05, 0.1) is 6.61 Å². The maximum absolute atomic E-state index is 10.3. The molecule has 1 rings (SSSR count). The van der Waals surface area contributed by atoms with Crippen molar-refractivity contribution in [3.8, 4) is 0 Å². The van der Waals surface area contributed by atoms with Crippen molar-refractivity contribution >= 4 is 5.97 Å². The van der Waals surface area contributed by atoms with Crippen molar-refractivity contribution < 1.29 is 14.4 Å². The topological polar surface area (TPSA) is 61.5 Å². The zero-order chi connectivity index (χ0) is 5.98. The van der Waals surface area contributed by atoms with Crippen LogP contribution in [-0.4, -0.2) is 18.7 Å². The largest absolute Gasteiger partial charge is 0.371 e. The summed E-state index contributed by atoms with van der Waals surface area (Å²) >= 11 is 0. The van der Waals surface area contributed by atoms with Gasteiger partial charge in [0.2, 0.25) is 0 Å². The van der Waals surface area contributed by atoms with Gasteiger partial charge in [-0.15, -0.1) is 0 Å². The minimum Gasteiger partial charge on any atom is -0.371 e. The summed E-state index contributed by atoms with van der Waals surface area (Å²) < 4.78 is 4.73. The molecule has 0 saturated carbocycles. The molecule has 1 heterocycles. The molecule has 1 aliphatic heterocycles.